The van der Waals surface area contributed by atoms with Gasteiger partial charge in [0.2, 0.25) is 5.91 Å². The summed E-state index contributed by atoms with van der Waals surface area (Å²) in [6.45, 7) is 7.50. The Labute approximate surface area is 242 Å². The smallest absolute Gasteiger partial charge is 0.248 e. The maximum atomic E-state index is 12.7. The maximum absolute atomic E-state index is 12.7. The normalized spacial score (nSPS) is 17.7. The Morgan fingerprint density at radius 2 is 1.83 bits per heavy atom. The first-order valence-electron chi connectivity index (χ1n) is 14.0. The molecule has 222 valence electrons. The highest BCUT2D eigenvalue weighted by Gasteiger charge is 2.37. The van der Waals surface area contributed by atoms with E-state index in [0.717, 1.165) is 29.9 Å². The van der Waals surface area contributed by atoms with Gasteiger partial charge >= 0.3 is 0 Å². The number of methoxy groups -OCH3 is 2. The Hall–Kier alpha value is -3.60. The summed E-state index contributed by atoms with van der Waals surface area (Å²) in [7, 11) is 3.13. The number of aromatic nitrogens is 2. The van der Waals surface area contributed by atoms with Gasteiger partial charge in [0.25, 0.3) is 0 Å². The Morgan fingerprint density at radius 3 is 2.54 bits per heavy atom. The first kappa shape index (κ1) is 30.4. The average Bonchev–Trinajstić information content (AvgIpc) is 3.29. The van der Waals surface area contributed by atoms with Gasteiger partial charge in [-0.2, -0.15) is 0 Å². The number of aryl methyl sites for hydroxylation is 3. The van der Waals surface area contributed by atoms with E-state index in [1.54, 1.807) is 18.2 Å². The van der Waals surface area contributed by atoms with Gasteiger partial charge in [-0.1, -0.05) is 23.8 Å². The number of ether oxygens (including phenoxy) is 4. The van der Waals surface area contributed by atoms with Crippen LogP contribution in [0.3, 0.4) is 0 Å². The predicted molar refractivity (Wildman–Crippen MR) is 155 cm³/mol. The number of nitrogens with zero attached hydrogens (tertiary/aromatic N) is 4. The lowest BCUT2D eigenvalue weighted by atomic mass is 10.0. The van der Waals surface area contributed by atoms with Gasteiger partial charge in [0.1, 0.15) is 30.4 Å². The summed E-state index contributed by atoms with van der Waals surface area (Å²) in [6, 6.07) is 13.6. The zero-order valence-electron chi connectivity index (χ0n) is 24.5. The quantitative estimate of drug-likeness (QED) is 0.315. The van der Waals surface area contributed by atoms with Crippen molar-refractivity contribution in [2.75, 3.05) is 60.2 Å². The van der Waals surface area contributed by atoms with Gasteiger partial charge in [-0.15, -0.1) is 0 Å². The number of benzene rings is 2. The number of imidazole rings is 1. The van der Waals surface area contributed by atoms with E-state index in [4.69, 9.17) is 18.9 Å². The lowest BCUT2D eigenvalue weighted by Gasteiger charge is -2.33. The van der Waals surface area contributed by atoms with E-state index in [9.17, 15) is 9.90 Å². The van der Waals surface area contributed by atoms with Crippen LogP contribution in [0.2, 0.25) is 0 Å². The van der Waals surface area contributed by atoms with Crippen molar-refractivity contribution in [1.82, 2.24) is 19.4 Å². The van der Waals surface area contributed by atoms with Crippen LogP contribution in [0.15, 0.2) is 54.9 Å². The van der Waals surface area contributed by atoms with E-state index >= 15 is 0 Å². The standard InChI is InChI=1S/C31H42N4O6/c1-24-6-9-27(10-7-24)41-23-31(37)21-33(15-16-35(22-31)30(36)20-38-3)19-26-8-11-28(39-4)29(18-26)40-17-5-13-34-14-12-32-25(34)2/h6-12,14,18,37H,5,13,15-17,19-23H2,1-4H3/t31-/m0/s1. The van der Waals surface area contributed by atoms with E-state index in [1.165, 1.54) is 7.11 Å². The highest BCUT2D eigenvalue weighted by atomic mass is 16.5. The monoisotopic (exact) mass is 566 g/mol. The Morgan fingerprint density at radius 1 is 1.02 bits per heavy atom. The molecule has 0 spiro atoms. The van der Waals surface area contributed by atoms with Gasteiger partial charge in [-0.3, -0.25) is 9.69 Å². The molecule has 1 aliphatic rings. The zero-order valence-corrected chi connectivity index (χ0v) is 24.5. The summed E-state index contributed by atoms with van der Waals surface area (Å²) in [6.07, 6.45) is 4.60. The molecule has 2 aromatic carbocycles. The van der Waals surface area contributed by atoms with Crippen LogP contribution in [-0.4, -0.2) is 96.2 Å². The number of carbonyl (C=O) groups is 1. The van der Waals surface area contributed by atoms with Crippen LogP contribution in [0.1, 0.15) is 23.4 Å². The van der Waals surface area contributed by atoms with Crippen LogP contribution in [0.4, 0.5) is 0 Å². The van der Waals surface area contributed by atoms with Crippen molar-refractivity contribution in [2.45, 2.75) is 39.0 Å². The molecule has 1 saturated heterocycles. The molecule has 41 heavy (non-hydrogen) atoms. The van der Waals surface area contributed by atoms with Gasteiger partial charge in [0.15, 0.2) is 11.5 Å². The number of hydrogen-bond acceptors (Lipinski definition) is 8. The number of carbonyl (C=O) groups excluding carboxylic acids is 1. The zero-order chi connectivity index (χ0) is 29.2. The summed E-state index contributed by atoms with van der Waals surface area (Å²) >= 11 is 0. The fraction of sp³-hybridized carbons (Fsp3) is 0.484. The van der Waals surface area contributed by atoms with E-state index in [0.29, 0.717) is 50.0 Å². The lowest BCUT2D eigenvalue weighted by molar-refractivity contribution is -0.138. The second kappa shape index (κ2) is 14.3. The molecule has 0 bridgehead atoms. The predicted octanol–water partition coefficient (Wildman–Crippen LogP) is 3.08. The highest BCUT2D eigenvalue weighted by Crippen LogP contribution is 2.29. The molecule has 1 fully saturated rings. The number of hydrogen-bond donors (Lipinski definition) is 1. The third kappa shape index (κ3) is 8.69. The molecule has 10 nitrogen and oxygen atoms in total. The molecular weight excluding hydrogens is 524 g/mol. The molecule has 4 rings (SSSR count). The summed E-state index contributed by atoms with van der Waals surface area (Å²) < 4.78 is 24.8. The molecule has 0 radical (unpaired) electrons. The van der Waals surface area contributed by atoms with Crippen LogP contribution in [0.25, 0.3) is 0 Å². The maximum Gasteiger partial charge on any atom is 0.248 e. The fourth-order valence-corrected chi connectivity index (χ4v) is 5.00. The molecule has 0 unspecified atom stereocenters. The molecule has 1 aromatic heterocycles. The van der Waals surface area contributed by atoms with Crippen molar-refractivity contribution in [3.63, 3.8) is 0 Å². The van der Waals surface area contributed by atoms with E-state index in [2.05, 4.69) is 14.5 Å². The van der Waals surface area contributed by atoms with Crippen LogP contribution in [-0.2, 0) is 22.6 Å². The van der Waals surface area contributed by atoms with Crippen LogP contribution >= 0.6 is 0 Å². The van der Waals surface area contributed by atoms with E-state index < -0.39 is 5.60 Å². The second-order valence-electron chi connectivity index (χ2n) is 10.6. The minimum absolute atomic E-state index is 0.0332. The molecule has 0 aliphatic carbocycles. The van der Waals surface area contributed by atoms with Crippen LogP contribution in [0, 0.1) is 13.8 Å². The number of rotatable bonds is 13. The van der Waals surface area contributed by atoms with E-state index in [1.807, 2.05) is 62.5 Å². The third-order valence-electron chi connectivity index (χ3n) is 7.20. The lowest BCUT2D eigenvalue weighted by Crippen LogP contribution is -2.52. The molecule has 1 N–H and O–H groups in total. The fourth-order valence-electron chi connectivity index (χ4n) is 5.00. The van der Waals surface area contributed by atoms with Gasteiger partial charge in [0.05, 0.1) is 20.3 Å². The van der Waals surface area contributed by atoms with Crippen molar-refractivity contribution >= 4 is 5.91 Å². The Balaban J connectivity index is 1.43. The third-order valence-corrected chi connectivity index (χ3v) is 7.20. The number of β-amino-alcohol motifs (C(OH)–C–C–N with tert-alkyl or cyclic N) is 1. The Bertz CT molecular complexity index is 1260. The average molecular weight is 567 g/mol. The second-order valence-corrected chi connectivity index (χ2v) is 10.6. The first-order chi connectivity index (χ1) is 19.8. The van der Waals surface area contributed by atoms with Crippen molar-refractivity contribution < 1.29 is 28.8 Å². The van der Waals surface area contributed by atoms with E-state index in [-0.39, 0.29) is 25.7 Å². The number of amides is 1. The summed E-state index contributed by atoms with van der Waals surface area (Å²) in [5, 5.41) is 11.7. The molecular formula is C31H42N4O6. The first-order valence-corrected chi connectivity index (χ1v) is 14.0. The molecule has 10 heteroatoms. The van der Waals surface area contributed by atoms with Crippen molar-refractivity contribution in [3.8, 4) is 17.2 Å². The van der Waals surface area contributed by atoms with Crippen molar-refractivity contribution in [2.24, 2.45) is 0 Å². The minimum Gasteiger partial charge on any atom is -0.493 e. The van der Waals surface area contributed by atoms with Gasteiger partial charge in [0, 0.05) is 52.2 Å². The number of aliphatic hydroxyl groups is 1. The van der Waals surface area contributed by atoms with Crippen LogP contribution < -0.4 is 14.2 Å². The van der Waals surface area contributed by atoms with Gasteiger partial charge in [-0.05, 0) is 50.1 Å². The Kier molecular flexibility index (Phi) is 10.6. The topological polar surface area (TPSA) is 98.5 Å². The molecule has 1 amide bonds. The summed E-state index contributed by atoms with van der Waals surface area (Å²) in [5.41, 5.74) is 0.871. The summed E-state index contributed by atoms with van der Waals surface area (Å²) in [5.74, 6) is 2.84. The molecule has 0 saturated carbocycles. The largest absolute Gasteiger partial charge is 0.493 e. The van der Waals surface area contributed by atoms with Gasteiger partial charge < -0.3 is 33.5 Å². The molecule has 1 aliphatic heterocycles. The molecule has 1 atom stereocenters. The minimum atomic E-state index is -1.28. The van der Waals surface area contributed by atoms with Crippen LogP contribution in [0.5, 0.6) is 17.2 Å². The van der Waals surface area contributed by atoms with Gasteiger partial charge in [-0.25, -0.2) is 4.98 Å². The SMILES string of the molecule is COCC(=O)N1CCN(Cc2ccc(OC)c(OCCCn3ccnc3C)c2)C[C@@](O)(COc2ccc(C)cc2)C1. The van der Waals surface area contributed by atoms with Crippen molar-refractivity contribution in [1.29, 1.82) is 0 Å². The summed E-state index contributed by atoms with van der Waals surface area (Å²) in [4.78, 5) is 20.8. The highest BCUT2D eigenvalue weighted by molar-refractivity contribution is 5.77. The molecule has 3 aromatic rings. The van der Waals surface area contributed by atoms with Crippen molar-refractivity contribution in [3.05, 3.63) is 71.8 Å². The molecule has 2 heterocycles.